The van der Waals surface area contributed by atoms with Gasteiger partial charge in [0.25, 0.3) is 0 Å². The van der Waals surface area contributed by atoms with Gasteiger partial charge in [-0.25, -0.2) is 9.97 Å². The van der Waals surface area contributed by atoms with E-state index in [-0.39, 0.29) is 0 Å². The van der Waals surface area contributed by atoms with Crippen LogP contribution in [0.4, 0.5) is 5.95 Å². The lowest BCUT2D eigenvalue weighted by Crippen LogP contribution is -2.04. The molecule has 1 fully saturated rings. The fraction of sp³-hybridized carbons (Fsp3) is 0.188. The first kappa shape index (κ1) is 11.3. The minimum atomic E-state index is 0.572. The van der Waals surface area contributed by atoms with Crippen LogP contribution in [0.25, 0.3) is 22.0 Å². The van der Waals surface area contributed by atoms with Gasteiger partial charge in [-0.15, -0.1) is 0 Å². The fourth-order valence-electron chi connectivity index (χ4n) is 2.31. The second-order valence-corrected chi connectivity index (χ2v) is 5.09. The highest BCUT2D eigenvalue weighted by molar-refractivity contribution is 5.94. The van der Waals surface area contributed by atoms with E-state index in [1.54, 1.807) is 0 Å². The summed E-state index contributed by atoms with van der Waals surface area (Å²) in [4.78, 5) is 13.2. The SMILES string of the molecule is c1cc(-c2cnc(NC3CC3)nc2)c2cccnc2c1. The molecule has 3 aromatic rings. The molecular formula is C16H14N4. The van der Waals surface area contributed by atoms with Crippen LogP contribution >= 0.6 is 0 Å². The zero-order valence-electron chi connectivity index (χ0n) is 11.0. The number of anilines is 1. The van der Waals surface area contributed by atoms with Crippen LogP contribution in [-0.2, 0) is 0 Å². The number of hydrogen-bond acceptors (Lipinski definition) is 4. The fourth-order valence-corrected chi connectivity index (χ4v) is 2.31. The third-order valence-electron chi connectivity index (χ3n) is 3.52. The summed E-state index contributed by atoms with van der Waals surface area (Å²) in [5.41, 5.74) is 3.13. The molecule has 1 aliphatic rings. The van der Waals surface area contributed by atoms with Crippen LogP contribution in [0, 0.1) is 0 Å². The smallest absolute Gasteiger partial charge is 0.222 e. The summed E-state index contributed by atoms with van der Waals surface area (Å²) in [5.74, 6) is 0.717. The summed E-state index contributed by atoms with van der Waals surface area (Å²) in [5, 5.41) is 4.42. The molecule has 1 aromatic carbocycles. The Morgan fingerprint density at radius 1 is 0.950 bits per heavy atom. The van der Waals surface area contributed by atoms with E-state index in [9.17, 15) is 0 Å². The van der Waals surface area contributed by atoms with Gasteiger partial charge in [-0.3, -0.25) is 4.98 Å². The van der Waals surface area contributed by atoms with Crippen molar-refractivity contribution in [3.05, 3.63) is 48.9 Å². The average molecular weight is 262 g/mol. The molecular weight excluding hydrogens is 248 g/mol. The molecule has 4 rings (SSSR count). The van der Waals surface area contributed by atoms with E-state index in [1.165, 1.54) is 12.8 Å². The summed E-state index contributed by atoms with van der Waals surface area (Å²) >= 11 is 0. The minimum absolute atomic E-state index is 0.572. The second kappa shape index (κ2) is 4.56. The molecule has 0 spiro atoms. The van der Waals surface area contributed by atoms with E-state index in [4.69, 9.17) is 0 Å². The maximum Gasteiger partial charge on any atom is 0.222 e. The van der Waals surface area contributed by atoms with Gasteiger partial charge < -0.3 is 5.32 Å². The van der Waals surface area contributed by atoms with Crippen molar-refractivity contribution in [2.24, 2.45) is 0 Å². The molecule has 0 bridgehead atoms. The lowest BCUT2D eigenvalue weighted by molar-refractivity contribution is 1.05. The van der Waals surface area contributed by atoms with Gasteiger partial charge in [0.15, 0.2) is 0 Å². The van der Waals surface area contributed by atoms with Gasteiger partial charge in [0.1, 0.15) is 0 Å². The van der Waals surface area contributed by atoms with Crippen molar-refractivity contribution < 1.29 is 0 Å². The van der Waals surface area contributed by atoms with E-state index >= 15 is 0 Å². The van der Waals surface area contributed by atoms with Gasteiger partial charge in [-0.1, -0.05) is 18.2 Å². The van der Waals surface area contributed by atoms with Gasteiger partial charge in [0.05, 0.1) is 5.52 Å². The summed E-state index contributed by atoms with van der Waals surface area (Å²) in [6.07, 6.45) is 8.00. The predicted molar refractivity (Wildman–Crippen MR) is 79.4 cm³/mol. The summed E-state index contributed by atoms with van der Waals surface area (Å²) in [6, 6.07) is 10.7. The number of hydrogen-bond donors (Lipinski definition) is 1. The van der Waals surface area contributed by atoms with Gasteiger partial charge >= 0.3 is 0 Å². The molecule has 4 nitrogen and oxygen atoms in total. The number of nitrogens with zero attached hydrogens (tertiary/aromatic N) is 3. The Bertz CT molecular complexity index is 743. The number of benzene rings is 1. The Hall–Kier alpha value is -2.49. The topological polar surface area (TPSA) is 50.7 Å². The molecule has 2 heterocycles. The van der Waals surface area contributed by atoms with Crippen molar-refractivity contribution >= 4 is 16.9 Å². The Morgan fingerprint density at radius 3 is 2.60 bits per heavy atom. The number of fused-ring (bicyclic) bond motifs is 1. The Balaban J connectivity index is 1.74. The number of pyridine rings is 1. The number of rotatable bonds is 3. The van der Waals surface area contributed by atoms with Crippen molar-refractivity contribution in [3.8, 4) is 11.1 Å². The normalized spacial score (nSPS) is 14.4. The van der Waals surface area contributed by atoms with Crippen molar-refractivity contribution in [1.82, 2.24) is 15.0 Å². The Kier molecular flexibility index (Phi) is 2.59. The molecule has 1 saturated carbocycles. The van der Waals surface area contributed by atoms with E-state index in [2.05, 4.69) is 32.4 Å². The Labute approximate surface area is 116 Å². The predicted octanol–water partition coefficient (Wildman–Crippen LogP) is 3.27. The van der Waals surface area contributed by atoms with E-state index in [0.29, 0.717) is 6.04 Å². The van der Waals surface area contributed by atoms with E-state index < -0.39 is 0 Å². The lowest BCUT2D eigenvalue weighted by Gasteiger charge is -2.07. The third-order valence-corrected chi connectivity index (χ3v) is 3.52. The molecule has 4 heteroatoms. The van der Waals surface area contributed by atoms with Gasteiger partial charge in [0, 0.05) is 35.6 Å². The van der Waals surface area contributed by atoms with Crippen LogP contribution in [0.15, 0.2) is 48.9 Å². The minimum Gasteiger partial charge on any atom is -0.351 e. The zero-order valence-corrected chi connectivity index (χ0v) is 11.0. The van der Waals surface area contributed by atoms with E-state index in [1.807, 2.05) is 36.8 Å². The lowest BCUT2D eigenvalue weighted by atomic mass is 10.0. The molecule has 1 N–H and O–H groups in total. The summed E-state index contributed by atoms with van der Waals surface area (Å²) in [6.45, 7) is 0. The maximum atomic E-state index is 4.40. The highest BCUT2D eigenvalue weighted by Crippen LogP contribution is 2.27. The third kappa shape index (κ3) is 2.09. The first-order valence-corrected chi connectivity index (χ1v) is 6.83. The zero-order chi connectivity index (χ0) is 13.4. The second-order valence-electron chi connectivity index (χ2n) is 5.09. The van der Waals surface area contributed by atoms with Crippen molar-refractivity contribution in [2.45, 2.75) is 18.9 Å². The van der Waals surface area contributed by atoms with Gasteiger partial charge in [0.2, 0.25) is 5.95 Å². The molecule has 0 saturated heterocycles. The van der Waals surface area contributed by atoms with E-state index in [0.717, 1.165) is 28.0 Å². The first-order valence-electron chi connectivity index (χ1n) is 6.83. The maximum absolute atomic E-state index is 4.40. The largest absolute Gasteiger partial charge is 0.351 e. The standard InChI is InChI=1S/C16H14N4/c1-3-13(14-4-2-8-17-15(14)5-1)11-9-18-16(19-10-11)20-12-6-7-12/h1-5,8-10,12H,6-7H2,(H,18,19,20). The number of nitrogens with one attached hydrogen (secondary N) is 1. The Morgan fingerprint density at radius 2 is 1.80 bits per heavy atom. The molecule has 98 valence electrons. The number of aromatic nitrogens is 3. The average Bonchev–Trinajstić information content (AvgIpc) is 3.32. The van der Waals surface area contributed by atoms with Crippen molar-refractivity contribution in [2.75, 3.05) is 5.32 Å². The monoisotopic (exact) mass is 262 g/mol. The van der Waals surface area contributed by atoms with Gasteiger partial charge in [-0.05, 0) is 30.5 Å². The first-order chi connectivity index (χ1) is 9.90. The molecule has 0 aliphatic heterocycles. The summed E-state index contributed by atoms with van der Waals surface area (Å²) < 4.78 is 0. The quantitative estimate of drug-likeness (QED) is 0.787. The van der Waals surface area contributed by atoms with Crippen LogP contribution in [0.3, 0.4) is 0 Å². The molecule has 0 amide bonds. The molecule has 1 aliphatic carbocycles. The van der Waals surface area contributed by atoms with Crippen LogP contribution in [0.5, 0.6) is 0 Å². The highest BCUT2D eigenvalue weighted by Gasteiger charge is 2.21. The van der Waals surface area contributed by atoms with Crippen LogP contribution in [0.2, 0.25) is 0 Å². The van der Waals surface area contributed by atoms with Crippen LogP contribution in [0.1, 0.15) is 12.8 Å². The molecule has 0 radical (unpaired) electrons. The highest BCUT2D eigenvalue weighted by atomic mass is 15.1. The van der Waals surface area contributed by atoms with Crippen molar-refractivity contribution in [3.63, 3.8) is 0 Å². The van der Waals surface area contributed by atoms with Gasteiger partial charge in [-0.2, -0.15) is 0 Å². The molecule has 0 unspecified atom stereocenters. The molecule has 2 aromatic heterocycles. The van der Waals surface area contributed by atoms with Crippen LogP contribution < -0.4 is 5.32 Å². The molecule has 0 atom stereocenters. The van der Waals surface area contributed by atoms with Crippen molar-refractivity contribution in [1.29, 1.82) is 0 Å². The van der Waals surface area contributed by atoms with Crippen LogP contribution in [-0.4, -0.2) is 21.0 Å². The summed E-state index contributed by atoms with van der Waals surface area (Å²) in [7, 11) is 0. The molecule has 20 heavy (non-hydrogen) atoms.